The van der Waals surface area contributed by atoms with Gasteiger partial charge in [0.15, 0.2) is 0 Å². The van der Waals surface area contributed by atoms with Crippen molar-refractivity contribution in [3.8, 4) is 5.75 Å². The predicted molar refractivity (Wildman–Crippen MR) is 110 cm³/mol. The van der Waals surface area contributed by atoms with Crippen LogP contribution in [0, 0.1) is 27.7 Å². The van der Waals surface area contributed by atoms with E-state index in [1.807, 2.05) is 0 Å². The third-order valence-corrected chi connectivity index (χ3v) is 5.01. The molecule has 0 bridgehead atoms. The highest BCUT2D eigenvalue weighted by Gasteiger charge is 2.15. The maximum atomic E-state index is 10.1. The molecule has 2 aromatic carbocycles. The average Bonchev–Trinajstić information content (AvgIpc) is 2.92. The second-order valence-electron chi connectivity index (χ2n) is 7.60. The molecular weight excluding hydrogens is 336 g/mol. The lowest BCUT2D eigenvalue weighted by Crippen LogP contribution is -2.08. The van der Waals surface area contributed by atoms with E-state index in [9.17, 15) is 5.11 Å². The van der Waals surface area contributed by atoms with E-state index in [1.54, 1.807) is 6.92 Å². The molecule has 4 heteroatoms. The first-order valence-electron chi connectivity index (χ1n) is 9.71. The summed E-state index contributed by atoms with van der Waals surface area (Å²) < 4.78 is 8.07. The molecule has 4 nitrogen and oxygen atoms in total. The van der Waals surface area contributed by atoms with Gasteiger partial charge in [-0.2, -0.15) is 0 Å². The summed E-state index contributed by atoms with van der Waals surface area (Å²) in [4.78, 5) is 4.66. The van der Waals surface area contributed by atoms with Crippen molar-refractivity contribution in [1.29, 1.82) is 0 Å². The highest BCUT2D eigenvalue weighted by Crippen LogP contribution is 2.24. The second-order valence-corrected chi connectivity index (χ2v) is 7.60. The lowest BCUT2D eigenvalue weighted by atomic mass is 10.1. The first-order valence-corrected chi connectivity index (χ1v) is 9.71. The third-order valence-electron chi connectivity index (χ3n) is 5.01. The van der Waals surface area contributed by atoms with Gasteiger partial charge in [0.05, 0.1) is 17.6 Å². The molecule has 0 saturated heterocycles. The summed E-state index contributed by atoms with van der Waals surface area (Å²) in [6.45, 7) is 11.7. The Hall–Kier alpha value is -2.33. The van der Waals surface area contributed by atoms with E-state index in [1.165, 1.54) is 22.3 Å². The minimum Gasteiger partial charge on any atom is -0.494 e. The lowest BCUT2D eigenvalue weighted by Gasteiger charge is -2.12. The van der Waals surface area contributed by atoms with Gasteiger partial charge in [0.2, 0.25) is 0 Å². The molecule has 0 saturated carbocycles. The second kappa shape index (κ2) is 8.13. The zero-order chi connectivity index (χ0) is 19.6. The molecule has 27 heavy (non-hydrogen) atoms. The van der Waals surface area contributed by atoms with Crippen LogP contribution in [0.15, 0.2) is 30.3 Å². The lowest BCUT2D eigenvalue weighted by molar-refractivity contribution is 0.184. The van der Waals surface area contributed by atoms with Crippen molar-refractivity contribution in [1.82, 2.24) is 9.55 Å². The Morgan fingerprint density at radius 2 is 1.63 bits per heavy atom. The summed E-state index contributed by atoms with van der Waals surface area (Å²) in [6.07, 6.45) is 1.35. The molecule has 3 rings (SSSR count). The van der Waals surface area contributed by atoms with Gasteiger partial charge in [-0.25, -0.2) is 4.98 Å². The summed E-state index contributed by atoms with van der Waals surface area (Å²) in [5.74, 6) is 1.68. The van der Waals surface area contributed by atoms with E-state index in [2.05, 4.69) is 67.6 Å². The summed E-state index contributed by atoms with van der Waals surface area (Å²) >= 11 is 0. The normalized spacial score (nSPS) is 12.5. The number of rotatable bonds is 7. The zero-order valence-corrected chi connectivity index (χ0v) is 17.0. The van der Waals surface area contributed by atoms with Crippen LogP contribution in [0.1, 0.15) is 53.9 Å². The molecular formula is C23H30N2O2. The van der Waals surface area contributed by atoms with Crippen LogP contribution in [-0.4, -0.2) is 21.3 Å². The molecule has 3 aromatic rings. The van der Waals surface area contributed by atoms with Crippen molar-refractivity contribution >= 4 is 11.0 Å². The molecule has 1 unspecified atom stereocenters. The number of aliphatic hydroxyl groups excluding tert-OH is 1. The Morgan fingerprint density at radius 1 is 0.963 bits per heavy atom. The van der Waals surface area contributed by atoms with Gasteiger partial charge in [0, 0.05) is 6.54 Å². The zero-order valence-electron chi connectivity index (χ0n) is 17.0. The van der Waals surface area contributed by atoms with Crippen LogP contribution in [0.4, 0.5) is 0 Å². The Balaban J connectivity index is 1.65. The molecule has 0 aliphatic heterocycles. The first kappa shape index (κ1) is 19.4. The van der Waals surface area contributed by atoms with E-state index in [0.717, 1.165) is 42.0 Å². The van der Waals surface area contributed by atoms with Crippen LogP contribution in [0.3, 0.4) is 0 Å². The van der Waals surface area contributed by atoms with Gasteiger partial charge in [0.25, 0.3) is 0 Å². The molecule has 0 fully saturated rings. The van der Waals surface area contributed by atoms with Gasteiger partial charge in [-0.15, -0.1) is 0 Å². The molecule has 1 N–H and O–H groups in total. The Bertz CT molecular complexity index is 921. The van der Waals surface area contributed by atoms with Gasteiger partial charge in [0.1, 0.15) is 17.7 Å². The van der Waals surface area contributed by atoms with Crippen molar-refractivity contribution < 1.29 is 9.84 Å². The van der Waals surface area contributed by atoms with Crippen LogP contribution < -0.4 is 4.74 Å². The van der Waals surface area contributed by atoms with Gasteiger partial charge in [-0.3, -0.25) is 0 Å². The fourth-order valence-corrected chi connectivity index (χ4v) is 3.53. The first-order chi connectivity index (χ1) is 12.8. The maximum Gasteiger partial charge on any atom is 0.138 e. The van der Waals surface area contributed by atoms with E-state index in [0.29, 0.717) is 6.61 Å². The fourth-order valence-electron chi connectivity index (χ4n) is 3.53. The van der Waals surface area contributed by atoms with Gasteiger partial charge in [-0.1, -0.05) is 6.07 Å². The number of benzene rings is 2. The SMILES string of the molecule is Cc1cc(C)cc(OCCCCn2c(C(C)O)nc3cc(C)c(C)cc32)c1. The molecule has 0 spiro atoms. The number of ether oxygens (including phenoxy) is 1. The average molecular weight is 367 g/mol. The van der Waals surface area contributed by atoms with Gasteiger partial charge < -0.3 is 14.4 Å². The Labute approximate surface area is 161 Å². The number of hydrogen-bond donors (Lipinski definition) is 1. The third kappa shape index (κ3) is 4.51. The fraction of sp³-hybridized carbons (Fsp3) is 0.435. The summed E-state index contributed by atoms with van der Waals surface area (Å²) in [7, 11) is 0. The Kier molecular flexibility index (Phi) is 5.85. The van der Waals surface area contributed by atoms with Crippen LogP contribution in [-0.2, 0) is 6.54 Å². The number of nitrogens with zero attached hydrogens (tertiary/aromatic N) is 2. The topological polar surface area (TPSA) is 47.3 Å². The van der Waals surface area contributed by atoms with Crippen molar-refractivity contribution in [2.45, 2.75) is 60.1 Å². The van der Waals surface area contributed by atoms with Gasteiger partial charge >= 0.3 is 0 Å². The smallest absolute Gasteiger partial charge is 0.138 e. The number of unbranched alkanes of at least 4 members (excludes halogenated alkanes) is 1. The number of aliphatic hydroxyl groups is 1. The number of aryl methyl sites for hydroxylation is 5. The molecule has 0 radical (unpaired) electrons. The quantitative estimate of drug-likeness (QED) is 0.586. The molecule has 1 atom stereocenters. The van der Waals surface area contributed by atoms with E-state index in [-0.39, 0.29) is 0 Å². The molecule has 1 heterocycles. The highest BCUT2D eigenvalue weighted by atomic mass is 16.5. The van der Waals surface area contributed by atoms with Crippen LogP contribution in [0.2, 0.25) is 0 Å². The van der Waals surface area contributed by atoms with Crippen molar-refractivity contribution in [3.05, 3.63) is 58.4 Å². The largest absolute Gasteiger partial charge is 0.494 e. The molecule has 1 aromatic heterocycles. The number of hydrogen-bond acceptors (Lipinski definition) is 3. The van der Waals surface area contributed by atoms with Gasteiger partial charge in [-0.05, 0) is 94.0 Å². The van der Waals surface area contributed by atoms with Crippen molar-refractivity contribution in [2.75, 3.05) is 6.61 Å². The van der Waals surface area contributed by atoms with E-state index >= 15 is 0 Å². The van der Waals surface area contributed by atoms with Crippen molar-refractivity contribution in [2.24, 2.45) is 0 Å². The standard InChI is InChI=1S/C23H30N2O2/c1-15-10-16(2)12-20(11-15)27-9-7-6-8-25-22-14-18(4)17(3)13-21(22)24-23(25)19(5)26/h10-14,19,26H,6-9H2,1-5H3. The minimum atomic E-state index is -0.579. The van der Waals surface area contributed by atoms with Crippen molar-refractivity contribution in [3.63, 3.8) is 0 Å². The predicted octanol–water partition coefficient (Wildman–Crippen LogP) is 5.18. The monoisotopic (exact) mass is 366 g/mol. The van der Waals surface area contributed by atoms with E-state index < -0.39 is 6.10 Å². The minimum absolute atomic E-state index is 0.579. The summed E-state index contributed by atoms with van der Waals surface area (Å²) in [6, 6.07) is 10.6. The summed E-state index contributed by atoms with van der Waals surface area (Å²) in [5.41, 5.74) is 6.99. The molecule has 0 amide bonds. The molecule has 0 aliphatic carbocycles. The van der Waals surface area contributed by atoms with Crippen LogP contribution in [0.25, 0.3) is 11.0 Å². The maximum absolute atomic E-state index is 10.1. The number of aromatic nitrogens is 2. The van der Waals surface area contributed by atoms with Crippen LogP contribution in [0.5, 0.6) is 5.75 Å². The number of fused-ring (bicyclic) bond motifs is 1. The highest BCUT2D eigenvalue weighted by molar-refractivity contribution is 5.78. The van der Waals surface area contributed by atoms with Crippen LogP contribution >= 0.6 is 0 Å². The summed E-state index contributed by atoms with van der Waals surface area (Å²) in [5, 5.41) is 10.1. The molecule has 0 aliphatic rings. The number of imidazole rings is 1. The van der Waals surface area contributed by atoms with E-state index in [4.69, 9.17) is 4.74 Å². The molecule has 144 valence electrons. The Morgan fingerprint density at radius 3 is 2.30 bits per heavy atom.